The number of aryl methyl sites for hydroxylation is 2. The fourth-order valence-electron chi connectivity index (χ4n) is 1.38. The Labute approximate surface area is 87.8 Å². The van der Waals surface area contributed by atoms with E-state index in [1.165, 1.54) is 0 Å². The molecule has 0 N–H and O–H groups in total. The second-order valence-electron chi connectivity index (χ2n) is 3.49. The molecule has 0 fully saturated rings. The maximum atomic E-state index is 11.9. The minimum absolute atomic E-state index is 0.126. The first-order valence-electron chi connectivity index (χ1n) is 4.69. The average Bonchev–Trinajstić information content (AvgIpc) is 2.64. The maximum absolute atomic E-state index is 11.9. The van der Waals surface area contributed by atoms with Crippen molar-refractivity contribution in [1.29, 1.82) is 0 Å². The van der Waals surface area contributed by atoms with Crippen LogP contribution in [-0.2, 0) is 0 Å². The first-order chi connectivity index (χ1) is 7.16. The maximum Gasteiger partial charge on any atom is 0.229 e. The lowest BCUT2D eigenvalue weighted by Crippen LogP contribution is -2.00. The smallest absolute Gasteiger partial charge is 0.229 e. The Bertz CT molecular complexity index is 500. The summed E-state index contributed by atoms with van der Waals surface area (Å²) in [5.74, 6) is 0.971. The number of ketones is 1. The number of pyridine rings is 1. The minimum Gasteiger partial charge on any atom is -0.458 e. The SMILES string of the molecule is Cc1cncc(C(=O)c2ccc(C)o2)c1. The van der Waals surface area contributed by atoms with E-state index in [0.717, 1.165) is 11.3 Å². The summed E-state index contributed by atoms with van der Waals surface area (Å²) >= 11 is 0. The van der Waals surface area contributed by atoms with Crippen LogP contribution in [0.4, 0.5) is 0 Å². The van der Waals surface area contributed by atoms with Crippen LogP contribution in [0.2, 0.25) is 0 Å². The van der Waals surface area contributed by atoms with Gasteiger partial charge in [-0.3, -0.25) is 9.78 Å². The van der Waals surface area contributed by atoms with Crippen LogP contribution < -0.4 is 0 Å². The van der Waals surface area contributed by atoms with Crippen molar-refractivity contribution in [3.63, 3.8) is 0 Å². The molecule has 2 rings (SSSR count). The number of carbonyl (C=O) groups is 1. The van der Waals surface area contributed by atoms with Gasteiger partial charge in [0.25, 0.3) is 0 Å². The fraction of sp³-hybridized carbons (Fsp3) is 0.167. The third-order valence-corrected chi connectivity index (χ3v) is 2.10. The van der Waals surface area contributed by atoms with Gasteiger partial charge in [0.2, 0.25) is 5.78 Å². The lowest BCUT2D eigenvalue weighted by atomic mass is 10.1. The quantitative estimate of drug-likeness (QED) is 0.701. The summed E-state index contributed by atoms with van der Waals surface area (Å²) < 4.78 is 5.26. The van der Waals surface area contributed by atoms with Crippen molar-refractivity contribution < 1.29 is 9.21 Å². The molecule has 15 heavy (non-hydrogen) atoms. The van der Waals surface area contributed by atoms with E-state index in [-0.39, 0.29) is 5.78 Å². The lowest BCUT2D eigenvalue weighted by Gasteiger charge is -1.98. The predicted octanol–water partition coefficient (Wildman–Crippen LogP) is 2.52. The molecule has 0 unspecified atom stereocenters. The molecule has 2 aromatic rings. The van der Waals surface area contributed by atoms with Gasteiger partial charge in [-0.05, 0) is 37.6 Å². The van der Waals surface area contributed by atoms with Gasteiger partial charge in [-0.1, -0.05) is 0 Å². The topological polar surface area (TPSA) is 43.1 Å². The van der Waals surface area contributed by atoms with Crippen molar-refractivity contribution in [2.45, 2.75) is 13.8 Å². The Kier molecular flexibility index (Phi) is 2.37. The molecular formula is C12H11NO2. The zero-order valence-corrected chi connectivity index (χ0v) is 8.65. The number of carbonyl (C=O) groups excluding carboxylic acids is 1. The van der Waals surface area contributed by atoms with Crippen LogP contribution in [0.5, 0.6) is 0 Å². The van der Waals surface area contributed by atoms with E-state index in [0.29, 0.717) is 11.3 Å². The Morgan fingerprint density at radius 3 is 2.67 bits per heavy atom. The molecule has 0 saturated heterocycles. The minimum atomic E-state index is -0.126. The molecule has 2 aromatic heterocycles. The molecule has 0 aliphatic rings. The van der Waals surface area contributed by atoms with Gasteiger partial charge in [0.05, 0.1) is 0 Å². The number of nitrogens with zero attached hydrogens (tertiary/aromatic N) is 1. The highest BCUT2D eigenvalue weighted by Gasteiger charge is 2.12. The van der Waals surface area contributed by atoms with Gasteiger partial charge in [0, 0.05) is 18.0 Å². The second-order valence-corrected chi connectivity index (χ2v) is 3.49. The Morgan fingerprint density at radius 2 is 2.07 bits per heavy atom. The highest BCUT2D eigenvalue weighted by molar-refractivity contribution is 6.07. The van der Waals surface area contributed by atoms with Crippen LogP contribution in [0.15, 0.2) is 35.0 Å². The predicted molar refractivity (Wildman–Crippen MR) is 55.9 cm³/mol. The summed E-state index contributed by atoms with van der Waals surface area (Å²) in [5, 5.41) is 0. The van der Waals surface area contributed by atoms with Crippen molar-refractivity contribution in [2.75, 3.05) is 0 Å². The first-order valence-corrected chi connectivity index (χ1v) is 4.69. The van der Waals surface area contributed by atoms with Gasteiger partial charge in [-0.2, -0.15) is 0 Å². The molecule has 0 bridgehead atoms. The number of furan rings is 1. The summed E-state index contributed by atoms with van der Waals surface area (Å²) in [6, 6.07) is 5.25. The van der Waals surface area contributed by atoms with Crippen molar-refractivity contribution in [2.24, 2.45) is 0 Å². The van der Waals surface area contributed by atoms with Gasteiger partial charge < -0.3 is 4.42 Å². The molecule has 0 aromatic carbocycles. The van der Waals surface area contributed by atoms with Crippen molar-refractivity contribution in [1.82, 2.24) is 4.98 Å². The second kappa shape index (κ2) is 3.69. The lowest BCUT2D eigenvalue weighted by molar-refractivity contribution is 0.101. The zero-order valence-electron chi connectivity index (χ0n) is 8.65. The van der Waals surface area contributed by atoms with E-state index in [9.17, 15) is 4.79 Å². The number of aromatic nitrogens is 1. The van der Waals surface area contributed by atoms with Gasteiger partial charge in [-0.25, -0.2) is 0 Å². The van der Waals surface area contributed by atoms with Crippen LogP contribution in [0, 0.1) is 13.8 Å². The van der Waals surface area contributed by atoms with Crippen LogP contribution in [0.3, 0.4) is 0 Å². The molecule has 0 atom stereocenters. The molecule has 76 valence electrons. The van der Waals surface area contributed by atoms with E-state index in [4.69, 9.17) is 4.42 Å². The fourth-order valence-corrected chi connectivity index (χ4v) is 1.38. The average molecular weight is 201 g/mol. The summed E-state index contributed by atoms with van der Waals surface area (Å²) in [5.41, 5.74) is 1.52. The van der Waals surface area contributed by atoms with E-state index in [1.54, 1.807) is 30.6 Å². The van der Waals surface area contributed by atoms with E-state index in [1.807, 2.05) is 13.8 Å². The molecule has 0 aliphatic heterocycles. The Balaban J connectivity index is 2.36. The summed E-state index contributed by atoms with van der Waals surface area (Å²) in [4.78, 5) is 15.9. The summed E-state index contributed by atoms with van der Waals surface area (Å²) in [7, 11) is 0. The normalized spacial score (nSPS) is 10.3. The third kappa shape index (κ3) is 1.96. The van der Waals surface area contributed by atoms with Gasteiger partial charge >= 0.3 is 0 Å². The molecule has 0 amide bonds. The van der Waals surface area contributed by atoms with Crippen LogP contribution in [0.1, 0.15) is 27.4 Å². The van der Waals surface area contributed by atoms with E-state index in [2.05, 4.69) is 4.98 Å². The van der Waals surface area contributed by atoms with Gasteiger partial charge in [0.1, 0.15) is 5.76 Å². The molecular weight excluding hydrogens is 190 g/mol. The first kappa shape index (κ1) is 9.65. The monoisotopic (exact) mass is 201 g/mol. The van der Waals surface area contributed by atoms with Crippen molar-refractivity contribution in [3.05, 3.63) is 53.2 Å². The van der Waals surface area contributed by atoms with E-state index < -0.39 is 0 Å². The molecule has 0 radical (unpaired) electrons. The van der Waals surface area contributed by atoms with Crippen LogP contribution in [0.25, 0.3) is 0 Å². The summed E-state index contributed by atoms with van der Waals surface area (Å²) in [6.45, 7) is 3.71. The molecule has 3 heteroatoms. The largest absolute Gasteiger partial charge is 0.458 e. The molecule has 0 spiro atoms. The highest BCUT2D eigenvalue weighted by Crippen LogP contribution is 2.12. The van der Waals surface area contributed by atoms with Gasteiger partial charge in [0.15, 0.2) is 5.76 Å². The van der Waals surface area contributed by atoms with Crippen LogP contribution >= 0.6 is 0 Å². The number of hydrogen-bond acceptors (Lipinski definition) is 3. The Morgan fingerprint density at radius 1 is 1.27 bits per heavy atom. The van der Waals surface area contributed by atoms with Crippen molar-refractivity contribution >= 4 is 5.78 Å². The third-order valence-electron chi connectivity index (χ3n) is 2.10. The zero-order chi connectivity index (χ0) is 10.8. The molecule has 2 heterocycles. The number of hydrogen-bond donors (Lipinski definition) is 0. The number of rotatable bonds is 2. The molecule has 0 saturated carbocycles. The molecule has 0 aliphatic carbocycles. The van der Waals surface area contributed by atoms with E-state index >= 15 is 0 Å². The summed E-state index contributed by atoms with van der Waals surface area (Å²) in [6.07, 6.45) is 3.26. The van der Waals surface area contributed by atoms with Gasteiger partial charge in [-0.15, -0.1) is 0 Å². The molecule has 3 nitrogen and oxygen atoms in total. The standard InChI is InChI=1S/C12H11NO2/c1-8-5-10(7-13-6-8)12(14)11-4-3-9(2)15-11/h3-7H,1-2H3. The van der Waals surface area contributed by atoms with Crippen molar-refractivity contribution in [3.8, 4) is 0 Å². The Hall–Kier alpha value is -1.90. The van der Waals surface area contributed by atoms with Crippen LogP contribution in [-0.4, -0.2) is 10.8 Å². The highest BCUT2D eigenvalue weighted by atomic mass is 16.3.